The highest BCUT2D eigenvalue weighted by Gasteiger charge is 2.19. The lowest BCUT2D eigenvalue weighted by atomic mass is 10.2. The number of benzene rings is 1. The number of hydrogen-bond donors (Lipinski definition) is 0. The number of halogens is 1. The predicted molar refractivity (Wildman–Crippen MR) is 51.7 cm³/mol. The van der Waals surface area contributed by atoms with E-state index >= 15 is 0 Å². The maximum absolute atomic E-state index is 12.7. The normalized spacial score (nSPS) is 15.7. The van der Waals surface area contributed by atoms with Gasteiger partial charge in [0.1, 0.15) is 4.90 Å². The molecule has 0 radical (unpaired) electrons. The lowest BCUT2D eigenvalue weighted by molar-refractivity contribution is 0.552. The highest BCUT2D eigenvalue weighted by molar-refractivity contribution is 7.86. The van der Waals surface area contributed by atoms with Gasteiger partial charge in [-0.05, 0) is 24.1 Å². The number of anilines is 1. The fraction of sp³-hybridized carbons (Fsp3) is 0.333. The van der Waals surface area contributed by atoms with E-state index in [4.69, 9.17) is 0 Å². The van der Waals surface area contributed by atoms with Gasteiger partial charge in [-0.3, -0.25) is 0 Å². The van der Waals surface area contributed by atoms with Gasteiger partial charge in [0.05, 0.1) is 0 Å². The van der Waals surface area contributed by atoms with E-state index in [0.717, 1.165) is 24.2 Å². The average Bonchev–Trinajstić information content (AvgIpc) is 2.46. The summed E-state index contributed by atoms with van der Waals surface area (Å²) in [5.41, 5.74) is 1.88. The molecule has 0 unspecified atom stereocenters. The number of nitrogens with zero attached hydrogens (tertiary/aromatic N) is 1. The van der Waals surface area contributed by atoms with E-state index in [0.29, 0.717) is 0 Å². The van der Waals surface area contributed by atoms with Crippen LogP contribution >= 0.6 is 0 Å². The van der Waals surface area contributed by atoms with Crippen molar-refractivity contribution in [3.8, 4) is 0 Å². The minimum atomic E-state index is -4.57. The van der Waals surface area contributed by atoms with E-state index < -0.39 is 10.2 Å². The van der Waals surface area contributed by atoms with Crippen LogP contribution in [0.5, 0.6) is 0 Å². The van der Waals surface area contributed by atoms with Crippen molar-refractivity contribution >= 4 is 15.9 Å². The molecule has 0 bridgehead atoms. The lowest BCUT2D eigenvalue weighted by Crippen LogP contribution is -2.12. The molecular weight excluding hydrogens is 205 g/mol. The molecule has 0 fully saturated rings. The summed E-state index contributed by atoms with van der Waals surface area (Å²) in [7, 11) is -2.71. The number of likely N-dealkylation sites (N-methyl/N-ethyl adjacent to an activating group) is 1. The van der Waals surface area contributed by atoms with E-state index in [-0.39, 0.29) is 4.90 Å². The van der Waals surface area contributed by atoms with Crippen molar-refractivity contribution in [2.45, 2.75) is 11.3 Å². The summed E-state index contributed by atoms with van der Waals surface area (Å²) in [6.07, 6.45) is 0.887. The topological polar surface area (TPSA) is 37.4 Å². The fourth-order valence-corrected chi connectivity index (χ4v) is 2.15. The van der Waals surface area contributed by atoms with E-state index in [1.54, 1.807) is 6.07 Å². The zero-order valence-corrected chi connectivity index (χ0v) is 8.51. The van der Waals surface area contributed by atoms with E-state index in [2.05, 4.69) is 0 Å². The molecule has 0 N–H and O–H groups in total. The Morgan fingerprint density at radius 3 is 2.79 bits per heavy atom. The zero-order chi connectivity index (χ0) is 10.3. The highest BCUT2D eigenvalue weighted by Crippen LogP contribution is 2.29. The Balaban J connectivity index is 2.56. The predicted octanol–water partition coefficient (Wildman–Crippen LogP) is 1.34. The van der Waals surface area contributed by atoms with Crippen LogP contribution in [-0.2, 0) is 16.6 Å². The molecule has 2 rings (SSSR count). The maximum atomic E-state index is 12.7. The molecule has 76 valence electrons. The van der Waals surface area contributed by atoms with Crippen molar-refractivity contribution in [1.82, 2.24) is 0 Å². The lowest BCUT2D eigenvalue weighted by Gasteiger charge is -2.11. The van der Waals surface area contributed by atoms with E-state index in [1.165, 1.54) is 12.1 Å². The monoisotopic (exact) mass is 215 g/mol. The molecule has 1 aliphatic rings. The number of rotatable bonds is 1. The van der Waals surface area contributed by atoms with Gasteiger partial charge < -0.3 is 4.90 Å². The molecule has 1 aromatic carbocycles. The van der Waals surface area contributed by atoms with Crippen LogP contribution < -0.4 is 4.90 Å². The summed E-state index contributed by atoms with van der Waals surface area (Å²) < 4.78 is 34.0. The summed E-state index contributed by atoms with van der Waals surface area (Å²) in [4.78, 5) is 1.66. The number of hydrogen-bond acceptors (Lipinski definition) is 3. The smallest absolute Gasteiger partial charge is 0.332 e. The third kappa shape index (κ3) is 1.48. The van der Waals surface area contributed by atoms with E-state index in [1.807, 2.05) is 11.9 Å². The zero-order valence-electron chi connectivity index (χ0n) is 7.70. The molecule has 0 saturated heterocycles. The van der Waals surface area contributed by atoms with Gasteiger partial charge >= 0.3 is 10.2 Å². The number of fused-ring (bicyclic) bond motifs is 1. The summed E-state index contributed by atoms with van der Waals surface area (Å²) in [5.74, 6) is 0. The van der Waals surface area contributed by atoms with Crippen LogP contribution in [0.1, 0.15) is 5.56 Å². The van der Waals surface area contributed by atoms with Gasteiger partial charge in [0, 0.05) is 19.3 Å². The second-order valence-corrected chi connectivity index (χ2v) is 4.75. The molecular formula is C9H10FNO2S. The maximum Gasteiger partial charge on any atom is 0.332 e. The molecule has 0 amide bonds. The second-order valence-electron chi connectivity index (χ2n) is 3.40. The Hall–Kier alpha value is -1.10. The Kier molecular flexibility index (Phi) is 1.99. The Bertz CT molecular complexity index is 470. The van der Waals surface area contributed by atoms with Crippen molar-refractivity contribution in [3.63, 3.8) is 0 Å². The highest BCUT2D eigenvalue weighted by atomic mass is 32.3. The molecule has 0 aliphatic carbocycles. The van der Waals surface area contributed by atoms with Crippen molar-refractivity contribution in [3.05, 3.63) is 23.8 Å². The molecule has 0 saturated carbocycles. The SMILES string of the molecule is CN1CCc2ccc(S(=O)(=O)F)cc21. The van der Waals surface area contributed by atoms with Gasteiger partial charge in [-0.25, -0.2) is 0 Å². The average molecular weight is 215 g/mol. The van der Waals surface area contributed by atoms with Crippen LogP contribution in [0.2, 0.25) is 0 Å². The van der Waals surface area contributed by atoms with Crippen LogP contribution in [-0.4, -0.2) is 22.0 Å². The molecule has 3 nitrogen and oxygen atoms in total. The van der Waals surface area contributed by atoms with Gasteiger partial charge in [-0.15, -0.1) is 3.89 Å². The van der Waals surface area contributed by atoms with Gasteiger partial charge in [-0.1, -0.05) is 6.07 Å². The molecule has 5 heteroatoms. The van der Waals surface area contributed by atoms with Gasteiger partial charge in [0.2, 0.25) is 0 Å². The van der Waals surface area contributed by atoms with Crippen LogP contribution in [0.3, 0.4) is 0 Å². The standard InChI is InChI=1S/C9H10FNO2S/c1-11-5-4-7-2-3-8(6-9(7)11)14(10,12)13/h2-3,6H,4-5H2,1H3. The summed E-state index contributed by atoms with van der Waals surface area (Å²) in [5, 5.41) is 0. The summed E-state index contributed by atoms with van der Waals surface area (Å²) in [6, 6.07) is 4.37. The molecule has 0 atom stereocenters. The third-order valence-corrected chi connectivity index (χ3v) is 3.28. The largest absolute Gasteiger partial charge is 0.374 e. The minimum absolute atomic E-state index is 0.259. The van der Waals surface area contributed by atoms with Crippen LogP contribution in [0, 0.1) is 0 Å². The minimum Gasteiger partial charge on any atom is -0.374 e. The molecule has 1 aliphatic heterocycles. The van der Waals surface area contributed by atoms with Crippen molar-refractivity contribution in [2.24, 2.45) is 0 Å². The molecule has 1 heterocycles. The summed E-state index contributed by atoms with van der Waals surface area (Å²) >= 11 is 0. The second kappa shape index (κ2) is 2.95. The van der Waals surface area contributed by atoms with E-state index in [9.17, 15) is 12.3 Å². The van der Waals surface area contributed by atoms with Crippen molar-refractivity contribution in [1.29, 1.82) is 0 Å². The molecule has 1 aromatic rings. The third-order valence-electron chi connectivity index (χ3n) is 2.47. The van der Waals surface area contributed by atoms with Gasteiger partial charge in [0.15, 0.2) is 0 Å². The Labute approximate surface area is 82.4 Å². The van der Waals surface area contributed by atoms with Gasteiger partial charge in [0.25, 0.3) is 0 Å². The first-order valence-corrected chi connectivity index (χ1v) is 5.65. The van der Waals surface area contributed by atoms with Crippen molar-refractivity contribution in [2.75, 3.05) is 18.5 Å². The van der Waals surface area contributed by atoms with Crippen LogP contribution in [0.25, 0.3) is 0 Å². The Morgan fingerprint density at radius 1 is 1.43 bits per heavy atom. The molecule has 14 heavy (non-hydrogen) atoms. The fourth-order valence-electron chi connectivity index (χ4n) is 1.67. The first-order chi connectivity index (χ1) is 6.48. The molecule has 0 aromatic heterocycles. The first kappa shape index (κ1) is 9.45. The quantitative estimate of drug-likeness (QED) is 0.663. The molecule has 0 spiro atoms. The van der Waals surface area contributed by atoms with Crippen molar-refractivity contribution < 1.29 is 12.3 Å². The Morgan fingerprint density at radius 2 is 2.14 bits per heavy atom. The van der Waals surface area contributed by atoms with Crippen LogP contribution in [0.15, 0.2) is 23.1 Å². The van der Waals surface area contributed by atoms with Gasteiger partial charge in [-0.2, -0.15) is 8.42 Å². The van der Waals surface area contributed by atoms with Crippen LogP contribution in [0.4, 0.5) is 9.57 Å². The summed E-state index contributed by atoms with van der Waals surface area (Å²) in [6.45, 7) is 0.852. The first-order valence-electron chi connectivity index (χ1n) is 4.27.